The Morgan fingerprint density at radius 1 is 1.24 bits per heavy atom. The van der Waals surface area contributed by atoms with E-state index >= 15 is 0 Å². The summed E-state index contributed by atoms with van der Waals surface area (Å²) < 4.78 is 82.1. The highest BCUT2D eigenvalue weighted by molar-refractivity contribution is 6.31. The van der Waals surface area contributed by atoms with Crippen LogP contribution in [0.25, 0.3) is 11.3 Å². The second-order valence-corrected chi connectivity index (χ2v) is 9.01. The normalized spacial score (nSPS) is 22.5. The Hall–Kier alpha value is -2.56. The predicted octanol–water partition coefficient (Wildman–Crippen LogP) is 5.11. The Balaban J connectivity index is 1.74. The Morgan fingerprint density at radius 3 is 2.45 bits per heavy atom. The van der Waals surface area contributed by atoms with Crippen LogP contribution in [0.2, 0.25) is 5.02 Å². The topological polar surface area (TPSA) is 78.0 Å². The number of alkyl halides is 5. The summed E-state index contributed by atoms with van der Waals surface area (Å²) >= 11 is 5.77. The molecule has 0 spiro atoms. The largest absolute Gasteiger partial charge is 0.410 e. The fourth-order valence-electron chi connectivity index (χ4n) is 4.61. The molecule has 2 atom stereocenters. The van der Waals surface area contributed by atoms with Crippen molar-refractivity contribution in [3.05, 3.63) is 40.3 Å². The lowest BCUT2D eigenvalue weighted by Crippen LogP contribution is -2.41. The molecule has 2 aliphatic rings. The zero-order chi connectivity index (χ0) is 24.3. The molecule has 2 heterocycles. The van der Waals surface area contributed by atoms with Gasteiger partial charge in [-0.25, -0.2) is 13.2 Å². The molecule has 4 rings (SSSR count). The number of hydrogen-bond acceptors (Lipinski definition) is 3. The van der Waals surface area contributed by atoms with Crippen LogP contribution in [0.4, 0.5) is 26.3 Å². The van der Waals surface area contributed by atoms with Gasteiger partial charge in [0.15, 0.2) is 0 Å². The number of nitrogens with two attached hydrogens (primary N) is 1. The lowest BCUT2D eigenvalue weighted by atomic mass is 9.75. The molecule has 1 aromatic heterocycles. The third-order valence-electron chi connectivity index (χ3n) is 6.19. The van der Waals surface area contributed by atoms with E-state index in [0.717, 1.165) is 12.1 Å². The van der Waals surface area contributed by atoms with Crippen LogP contribution in [0.3, 0.4) is 0 Å². The van der Waals surface area contributed by atoms with E-state index in [1.807, 2.05) is 0 Å². The van der Waals surface area contributed by atoms with E-state index < -0.39 is 66.7 Å². The number of fused-ring (bicyclic) bond motifs is 1. The maximum atomic E-state index is 13.9. The number of benzene rings is 1. The summed E-state index contributed by atoms with van der Waals surface area (Å²) in [4.78, 5) is 24.9. The second-order valence-electron chi connectivity index (χ2n) is 8.60. The van der Waals surface area contributed by atoms with Gasteiger partial charge < -0.3 is 5.73 Å². The first-order chi connectivity index (χ1) is 15.3. The number of rotatable bonds is 5. The lowest BCUT2D eigenvalue weighted by Gasteiger charge is -2.36. The van der Waals surface area contributed by atoms with Crippen molar-refractivity contribution in [3.8, 4) is 11.3 Å². The number of carbonyl (C=O) groups excluding carboxylic acids is 2. The lowest BCUT2D eigenvalue weighted by molar-refractivity contribution is -0.179. The number of amides is 1. The average Bonchev–Trinajstić information content (AvgIpc) is 3.06. The van der Waals surface area contributed by atoms with Crippen molar-refractivity contribution in [2.24, 2.45) is 17.6 Å². The third-order valence-corrected chi connectivity index (χ3v) is 6.48. The molecule has 2 aromatic rings. The molecule has 33 heavy (non-hydrogen) atoms. The van der Waals surface area contributed by atoms with Gasteiger partial charge in [-0.1, -0.05) is 11.6 Å². The summed E-state index contributed by atoms with van der Waals surface area (Å²) in [6.45, 7) is 0. The molecule has 1 aliphatic heterocycles. The smallest absolute Gasteiger partial charge is 0.365 e. The molecule has 1 aromatic carbocycles. The molecule has 2 unspecified atom stereocenters. The average molecular weight is 494 g/mol. The van der Waals surface area contributed by atoms with E-state index in [-0.39, 0.29) is 40.4 Å². The minimum absolute atomic E-state index is 0.0811. The van der Waals surface area contributed by atoms with Gasteiger partial charge in [-0.3, -0.25) is 14.3 Å². The Kier molecular flexibility index (Phi) is 5.74. The van der Waals surface area contributed by atoms with Crippen LogP contribution < -0.4 is 5.73 Å². The van der Waals surface area contributed by atoms with Crippen molar-refractivity contribution in [1.29, 1.82) is 0 Å². The van der Waals surface area contributed by atoms with Gasteiger partial charge in [0.2, 0.25) is 5.92 Å². The standard InChI is InChI=1S/C21H18ClF6N3O2/c22-12-4-10(1-2-13(12)23)18-17(19(29)33)14-5-11(6-16(21(26,27)28)31(14)30-18)15(32)3-9-7-20(24,25)8-9/h1-2,4,9,11,16H,3,5-8H2,(H2,29,33). The molecule has 2 N–H and O–H groups in total. The van der Waals surface area contributed by atoms with E-state index in [9.17, 15) is 35.9 Å². The summed E-state index contributed by atoms with van der Waals surface area (Å²) in [5.74, 6) is -6.99. The highest BCUT2D eigenvalue weighted by Crippen LogP contribution is 2.47. The van der Waals surface area contributed by atoms with Crippen LogP contribution in [0.1, 0.15) is 47.8 Å². The van der Waals surface area contributed by atoms with Gasteiger partial charge in [0.1, 0.15) is 23.3 Å². The molecule has 1 aliphatic carbocycles. The summed E-state index contributed by atoms with van der Waals surface area (Å²) in [6.07, 6.45) is -6.92. The van der Waals surface area contributed by atoms with Crippen LogP contribution in [0.15, 0.2) is 18.2 Å². The monoisotopic (exact) mass is 493 g/mol. The van der Waals surface area contributed by atoms with E-state index in [1.165, 1.54) is 6.07 Å². The zero-order valence-electron chi connectivity index (χ0n) is 16.9. The SMILES string of the molecule is NC(=O)c1c(-c2ccc(F)c(Cl)c2)nn2c1CC(C(=O)CC1CC(F)(F)C1)CC2C(F)(F)F. The molecule has 1 fully saturated rings. The molecule has 12 heteroatoms. The fourth-order valence-corrected chi connectivity index (χ4v) is 4.79. The zero-order valence-corrected chi connectivity index (χ0v) is 17.7. The van der Waals surface area contributed by atoms with Crippen LogP contribution in [0, 0.1) is 17.7 Å². The van der Waals surface area contributed by atoms with Crippen LogP contribution in [0.5, 0.6) is 0 Å². The first kappa shape index (κ1) is 23.6. The molecule has 0 radical (unpaired) electrons. The maximum Gasteiger partial charge on any atom is 0.410 e. The quantitative estimate of drug-likeness (QED) is 0.588. The van der Waals surface area contributed by atoms with E-state index in [2.05, 4.69) is 5.10 Å². The second kappa shape index (κ2) is 8.03. The van der Waals surface area contributed by atoms with Crippen LogP contribution in [-0.4, -0.2) is 33.6 Å². The van der Waals surface area contributed by atoms with E-state index in [0.29, 0.717) is 4.68 Å². The van der Waals surface area contributed by atoms with Gasteiger partial charge in [0, 0.05) is 30.7 Å². The number of hydrogen-bond donors (Lipinski definition) is 1. The number of Topliss-reactive ketones (excluding diaryl/α,β-unsaturated/α-hetero) is 1. The first-order valence-electron chi connectivity index (χ1n) is 10.1. The number of nitrogens with zero attached hydrogens (tertiary/aromatic N) is 2. The van der Waals surface area contributed by atoms with Gasteiger partial charge in [0.25, 0.3) is 5.91 Å². The molecular weight excluding hydrogens is 476 g/mol. The summed E-state index contributed by atoms with van der Waals surface area (Å²) in [7, 11) is 0. The van der Waals surface area contributed by atoms with Crippen molar-refractivity contribution >= 4 is 23.3 Å². The van der Waals surface area contributed by atoms with Gasteiger partial charge in [0.05, 0.1) is 16.3 Å². The van der Waals surface area contributed by atoms with Gasteiger partial charge in [-0.05, 0) is 37.0 Å². The number of aromatic nitrogens is 2. The van der Waals surface area contributed by atoms with Crippen molar-refractivity contribution < 1.29 is 35.9 Å². The summed E-state index contributed by atoms with van der Waals surface area (Å²) in [5, 5.41) is 3.64. The molecule has 0 saturated heterocycles. The van der Waals surface area contributed by atoms with E-state index in [4.69, 9.17) is 17.3 Å². The highest BCUT2D eigenvalue weighted by Gasteiger charge is 2.50. The minimum Gasteiger partial charge on any atom is -0.365 e. The van der Waals surface area contributed by atoms with Crippen molar-refractivity contribution in [2.75, 3.05) is 0 Å². The molecule has 0 bridgehead atoms. The Labute approximate surface area is 188 Å². The highest BCUT2D eigenvalue weighted by atomic mass is 35.5. The number of carbonyl (C=O) groups is 2. The van der Waals surface area contributed by atoms with Gasteiger partial charge in [-0.15, -0.1) is 0 Å². The van der Waals surface area contributed by atoms with Crippen molar-refractivity contribution in [1.82, 2.24) is 9.78 Å². The minimum atomic E-state index is -4.81. The predicted molar refractivity (Wildman–Crippen MR) is 105 cm³/mol. The maximum absolute atomic E-state index is 13.9. The molecule has 1 amide bonds. The summed E-state index contributed by atoms with van der Waals surface area (Å²) in [6, 6.07) is 1.06. The van der Waals surface area contributed by atoms with Crippen molar-refractivity contribution in [2.45, 2.75) is 50.2 Å². The fraction of sp³-hybridized carbons (Fsp3) is 0.476. The Morgan fingerprint density at radius 2 is 1.91 bits per heavy atom. The van der Waals surface area contributed by atoms with Crippen LogP contribution in [-0.2, 0) is 11.2 Å². The molecule has 5 nitrogen and oxygen atoms in total. The number of primary amides is 1. The molecule has 1 saturated carbocycles. The molecule has 178 valence electrons. The van der Waals surface area contributed by atoms with Crippen molar-refractivity contribution in [3.63, 3.8) is 0 Å². The van der Waals surface area contributed by atoms with Gasteiger partial charge >= 0.3 is 6.18 Å². The van der Waals surface area contributed by atoms with Crippen LogP contribution >= 0.6 is 11.6 Å². The number of ketones is 1. The third kappa shape index (κ3) is 4.47. The first-order valence-corrected chi connectivity index (χ1v) is 10.5. The van der Waals surface area contributed by atoms with Gasteiger partial charge in [-0.2, -0.15) is 18.3 Å². The number of halogens is 7. The van der Waals surface area contributed by atoms with E-state index in [1.54, 1.807) is 0 Å². The molecular formula is C21H18ClF6N3O2. The Bertz CT molecular complexity index is 1120. The summed E-state index contributed by atoms with van der Waals surface area (Å²) in [5.41, 5.74) is 4.83.